The summed E-state index contributed by atoms with van der Waals surface area (Å²) in [5.41, 5.74) is 2.89. The van der Waals surface area contributed by atoms with Gasteiger partial charge in [0.1, 0.15) is 5.75 Å². The maximum Gasteiger partial charge on any atom is 0.255 e. The number of anilines is 1. The molecule has 1 amide bonds. The van der Waals surface area contributed by atoms with Crippen LogP contribution < -0.4 is 5.32 Å². The summed E-state index contributed by atoms with van der Waals surface area (Å²) >= 11 is 5.70. The number of halogens is 1. The van der Waals surface area contributed by atoms with Crippen molar-refractivity contribution in [2.75, 3.05) is 5.32 Å². The molecule has 0 fully saturated rings. The van der Waals surface area contributed by atoms with Crippen LogP contribution in [-0.4, -0.2) is 11.0 Å². The van der Waals surface area contributed by atoms with E-state index in [9.17, 15) is 9.90 Å². The predicted molar refractivity (Wildman–Crippen MR) is 76.8 cm³/mol. The number of phenolic OH excluding ortho intramolecular Hbond substituents is 1. The van der Waals surface area contributed by atoms with Gasteiger partial charge in [-0.2, -0.15) is 0 Å². The molecular weight excluding hydrogens is 262 g/mol. The molecule has 0 atom stereocenters. The second kappa shape index (κ2) is 5.76. The summed E-state index contributed by atoms with van der Waals surface area (Å²) in [7, 11) is 0. The minimum absolute atomic E-state index is 0.183. The van der Waals surface area contributed by atoms with E-state index >= 15 is 0 Å². The molecule has 0 radical (unpaired) electrons. The van der Waals surface area contributed by atoms with E-state index in [2.05, 4.69) is 5.32 Å². The van der Waals surface area contributed by atoms with Crippen molar-refractivity contribution >= 4 is 23.2 Å². The van der Waals surface area contributed by atoms with E-state index < -0.39 is 0 Å². The monoisotopic (exact) mass is 275 g/mol. The molecule has 0 spiro atoms. The van der Waals surface area contributed by atoms with Gasteiger partial charge in [0.25, 0.3) is 5.91 Å². The maximum atomic E-state index is 12.0. The molecule has 2 N–H and O–H groups in total. The lowest BCUT2D eigenvalue weighted by atomic mass is 10.1. The first-order chi connectivity index (χ1) is 9.10. The largest absolute Gasteiger partial charge is 0.508 e. The number of aryl methyl sites for hydroxylation is 1. The first-order valence-electron chi connectivity index (χ1n) is 5.86. The molecule has 4 heteroatoms. The van der Waals surface area contributed by atoms with Gasteiger partial charge in [0.15, 0.2) is 0 Å². The molecule has 0 aliphatic rings. The lowest BCUT2D eigenvalue weighted by molar-refractivity contribution is 0.102. The summed E-state index contributed by atoms with van der Waals surface area (Å²) in [5, 5.41) is 12.2. The maximum absolute atomic E-state index is 12.0. The van der Waals surface area contributed by atoms with Crippen LogP contribution in [0.5, 0.6) is 5.75 Å². The van der Waals surface area contributed by atoms with Crippen LogP contribution in [0.4, 0.5) is 5.69 Å². The van der Waals surface area contributed by atoms with Gasteiger partial charge in [0.2, 0.25) is 0 Å². The summed E-state index contributed by atoms with van der Waals surface area (Å²) in [5.74, 6) is 0.426. The van der Waals surface area contributed by atoms with Crippen molar-refractivity contribution in [3.05, 3.63) is 59.2 Å². The highest BCUT2D eigenvalue weighted by atomic mass is 35.5. The molecule has 2 aromatic carbocycles. The quantitative estimate of drug-likeness (QED) is 0.839. The zero-order valence-corrected chi connectivity index (χ0v) is 11.2. The molecule has 0 bridgehead atoms. The van der Waals surface area contributed by atoms with E-state index in [0.717, 1.165) is 5.56 Å². The van der Waals surface area contributed by atoms with E-state index in [-0.39, 0.29) is 11.7 Å². The van der Waals surface area contributed by atoms with Crippen LogP contribution in [0, 0.1) is 6.92 Å². The minimum atomic E-state index is -0.207. The van der Waals surface area contributed by atoms with Crippen molar-refractivity contribution in [3.63, 3.8) is 0 Å². The molecule has 0 saturated carbocycles. The van der Waals surface area contributed by atoms with E-state index in [4.69, 9.17) is 11.6 Å². The molecule has 2 rings (SSSR count). The lowest BCUT2D eigenvalue weighted by Gasteiger charge is -2.07. The number of amides is 1. The van der Waals surface area contributed by atoms with Gasteiger partial charge in [0, 0.05) is 17.1 Å². The molecular formula is C15H14ClNO2. The molecule has 0 aliphatic heterocycles. The summed E-state index contributed by atoms with van der Waals surface area (Å²) in [4.78, 5) is 12.0. The Balaban J connectivity index is 2.13. The lowest BCUT2D eigenvalue weighted by Crippen LogP contribution is -2.11. The van der Waals surface area contributed by atoms with Crippen LogP contribution in [-0.2, 0) is 5.88 Å². The molecule has 0 saturated heterocycles. The molecule has 2 aromatic rings. The van der Waals surface area contributed by atoms with Crippen molar-refractivity contribution in [3.8, 4) is 5.75 Å². The highest BCUT2D eigenvalue weighted by molar-refractivity contribution is 6.17. The first-order valence-corrected chi connectivity index (χ1v) is 6.39. The van der Waals surface area contributed by atoms with Gasteiger partial charge in [-0.1, -0.05) is 12.1 Å². The van der Waals surface area contributed by atoms with E-state index in [1.807, 2.05) is 24.3 Å². The fourth-order valence-electron chi connectivity index (χ4n) is 1.68. The van der Waals surface area contributed by atoms with E-state index in [0.29, 0.717) is 22.7 Å². The van der Waals surface area contributed by atoms with Gasteiger partial charge in [-0.05, 0) is 48.4 Å². The zero-order valence-electron chi connectivity index (χ0n) is 10.5. The highest BCUT2D eigenvalue weighted by Gasteiger charge is 2.07. The van der Waals surface area contributed by atoms with Gasteiger partial charge in [-0.3, -0.25) is 4.79 Å². The molecule has 98 valence electrons. The van der Waals surface area contributed by atoms with Gasteiger partial charge in [-0.15, -0.1) is 11.6 Å². The predicted octanol–water partition coefficient (Wildman–Crippen LogP) is 3.69. The summed E-state index contributed by atoms with van der Waals surface area (Å²) in [6.45, 7) is 1.75. The van der Waals surface area contributed by atoms with Crippen LogP contribution >= 0.6 is 11.6 Å². The Bertz CT molecular complexity index is 594. The standard InChI is InChI=1S/C15H14ClNO2/c1-10-8-12(4-7-14(10)18)15(19)17-13-5-2-11(9-16)3-6-13/h2-8,18H,9H2,1H3,(H,17,19). The summed E-state index contributed by atoms with van der Waals surface area (Å²) < 4.78 is 0. The van der Waals surface area contributed by atoms with Crippen molar-refractivity contribution in [1.29, 1.82) is 0 Å². The Labute approximate surface area is 116 Å². The Morgan fingerprint density at radius 1 is 1.21 bits per heavy atom. The van der Waals surface area contributed by atoms with Gasteiger partial charge in [0.05, 0.1) is 0 Å². The fraction of sp³-hybridized carbons (Fsp3) is 0.133. The second-order valence-electron chi connectivity index (χ2n) is 4.29. The van der Waals surface area contributed by atoms with Crippen LogP contribution in [0.3, 0.4) is 0 Å². The first kappa shape index (κ1) is 13.4. The van der Waals surface area contributed by atoms with Crippen molar-refractivity contribution in [1.82, 2.24) is 0 Å². The summed E-state index contributed by atoms with van der Waals surface area (Å²) in [6.07, 6.45) is 0. The van der Waals surface area contributed by atoms with Crippen LogP contribution in [0.25, 0.3) is 0 Å². The molecule has 0 heterocycles. The number of hydrogen-bond acceptors (Lipinski definition) is 2. The molecule has 3 nitrogen and oxygen atoms in total. The fourth-order valence-corrected chi connectivity index (χ4v) is 1.86. The normalized spacial score (nSPS) is 10.2. The van der Waals surface area contributed by atoms with Crippen molar-refractivity contribution < 1.29 is 9.90 Å². The Kier molecular flexibility index (Phi) is 4.07. The third-order valence-electron chi connectivity index (χ3n) is 2.83. The van der Waals surface area contributed by atoms with Crippen molar-refractivity contribution in [2.24, 2.45) is 0 Å². The Morgan fingerprint density at radius 2 is 1.89 bits per heavy atom. The number of benzene rings is 2. The molecule has 0 aliphatic carbocycles. The second-order valence-corrected chi connectivity index (χ2v) is 4.55. The van der Waals surface area contributed by atoms with E-state index in [1.54, 1.807) is 19.1 Å². The number of aromatic hydroxyl groups is 1. The van der Waals surface area contributed by atoms with Crippen LogP contribution in [0.15, 0.2) is 42.5 Å². The van der Waals surface area contributed by atoms with Crippen LogP contribution in [0.2, 0.25) is 0 Å². The third kappa shape index (κ3) is 3.26. The average molecular weight is 276 g/mol. The highest BCUT2D eigenvalue weighted by Crippen LogP contribution is 2.18. The number of phenols is 1. The van der Waals surface area contributed by atoms with Gasteiger partial charge >= 0.3 is 0 Å². The van der Waals surface area contributed by atoms with E-state index in [1.165, 1.54) is 6.07 Å². The van der Waals surface area contributed by atoms with Crippen molar-refractivity contribution in [2.45, 2.75) is 12.8 Å². The number of carbonyl (C=O) groups excluding carboxylic acids is 1. The third-order valence-corrected chi connectivity index (χ3v) is 3.13. The average Bonchev–Trinajstić information content (AvgIpc) is 2.42. The number of carbonyl (C=O) groups is 1. The SMILES string of the molecule is Cc1cc(C(=O)Nc2ccc(CCl)cc2)ccc1O. The molecule has 0 aromatic heterocycles. The number of rotatable bonds is 3. The Hall–Kier alpha value is -2.00. The number of alkyl halides is 1. The molecule has 19 heavy (non-hydrogen) atoms. The van der Waals surface area contributed by atoms with Gasteiger partial charge < -0.3 is 10.4 Å². The minimum Gasteiger partial charge on any atom is -0.508 e. The smallest absolute Gasteiger partial charge is 0.255 e. The number of nitrogens with one attached hydrogen (secondary N) is 1. The number of hydrogen-bond donors (Lipinski definition) is 2. The zero-order chi connectivity index (χ0) is 13.8. The Morgan fingerprint density at radius 3 is 2.47 bits per heavy atom. The topological polar surface area (TPSA) is 49.3 Å². The molecule has 0 unspecified atom stereocenters. The van der Waals surface area contributed by atoms with Crippen LogP contribution in [0.1, 0.15) is 21.5 Å². The van der Waals surface area contributed by atoms with Gasteiger partial charge in [-0.25, -0.2) is 0 Å². The summed E-state index contributed by atoms with van der Waals surface area (Å²) in [6, 6.07) is 12.1.